The fraction of sp³-hybridized carbons (Fsp3) is 0.0500. The predicted octanol–water partition coefficient (Wildman–Crippen LogP) is 9.24. The van der Waals surface area contributed by atoms with Gasteiger partial charge in [-0.05, 0) is 70.0 Å². The third-order valence-electron chi connectivity index (χ3n) is 8.87. The molecule has 0 fully saturated rings. The van der Waals surface area contributed by atoms with Crippen molar-refractivity contribution >= 4 is 46.4 Å². The van der Waals surface area contributed by atoms with Crippen molar-refractivity contribution in [2.45, 2.75) is 13.1 Å². The Balaban J connectivity index is 1.26. The van der Waals surface area contributed by atoms with Crippen molar-refractivity contribution in [1.82, 2.24) is 9.97 Å². The lowest BCUT2D eigenvalue weighted by Gasteiger charge is -2.41. The number of benzene rings is 6. The first-order chi connectivity index (χ1) is 21.6. The molecule has 1 aliphatic heterocycles. The van der Waals surface area contributed by atoms with Gasteiger partial charge >= 0.3 is 0 Å². The van der Waals surface area contributed by atoms with Gasteiger partial charge in [-0.15, -0.1) is 0 Å². The molecule has 2 heterocycles. The van der Waals surface area contributed by atoms with Crippen LogP contribution in [0.1, 0.15) is 0 Å². The average Bonchev–Trinajstić information content (AvgIpc) is 3.09. The van der Waals surface area contributed by atoms with Crippen LogP contribution in [0, 0.1) is 0 Å². The van der Waals surface area contributed by atoms with E-state index in [0.29, 0.717) is 0 Å². The van der Waals surface area contributed by atoms with Gasteiger partial charge in [-0.1, -0.05) is 116 Å². The minimum absolute atomic E-state index is 0.723. The van der Waals surface area contributed by atoms with Gasteiger partial charge in [0.25, 0.3) is 0 Å². The maximum atomic E-state index is 5.16. The molecule has 44 heavy (non-hydrogen) atoms. The summed E-state index contributed by atoms with van der Waals surface area (Å²) in [6.45, 7) is 4.91. The molecule has 0 atom stereocenters. The maximum absolute atomic E-state index is 5.16. The molecule has 1 aliphatic rings. The molecule has 0 bridgehead atoms. The van der Waals surface area contributed by atoms with Crippen LogP contribution >= 0.6 is 0 Å². The van der Waals surface area contributed by atoms with Crippen molar-refractivity contribution < 1.29 is 0 Å². The largest absolute Gasteiger partial charge is 0.311 e. The van der Waals surface area contributed by atoms with Crippen molar-refractivity contribution in [2.75, 3.05) is 4.90 Å². The number of para-hydroxylation sites is 2. The molecule has 0 amide bonds. The SMILES string of the molecule is C[Si]1(C)c2ccccc2N(c2ccc(-c3nc(-c4ccccc4)c4ccc(-c5ccccc5)cc4n3)cc2)c2ccccc21. The Bertz CT molecular complexity index is 2090. The quantitative estimate of drug-likeness (QED) is 0.194. The van der Waals surface area contributed by atoms with E-state index in [1.807, 2.05) is 12.1 Å². The Hall–Kier alpha value is -5.32. The van der Waals surface area contributed by atoms with E-state index in [-0.39, 0.29) is 0 Å². The van der Waals surface area contributed by atoms with Crippen LogP contribution in [0.15, 0.2) is 152 Å². The zero-order chi connectivity index (χ0) is 29.7. The standard InChI is InChI=1S/C40H31N3Si/c1-44(2)37-19-11-9-17-35(37)43(36-18-10-12-20-38(36)44)32-24-21-30(22-25-32)40-41-34-27-31(28-13-5-3-6-14-28)23-26-33(34)39(42-40)29-15-7-4-8-16-29/h3-27H,1-2H3. The summed E-state index contributed by atoms with van der Waals surface area (Å²) in [5.74, 6) is 0.723. The van der Waals surface area contributed by atoms with Gasteiger partial charge in [0.15, 0.2) is 5.82 Å². The number of hydrogen-bond donors (Lipinski definition) is 0. The van der Waals surface area contributed by atoms with Gasteiger partial charge < -0.3 is 4.90 Å². The van der Waals surface area contributed by atoms with E-state index >= 15 is 0 Å². The monoisotopic (exact) mass is 581 g/mol. The zero-order valence-corrected chi connectivity index (χ0v) is 25.8. The van der Waals surface area contributed by atoms with Gasteiger partial charge in [-0.3, -0.25) is 0 Å². The Labute approximate surface area is 259 Å². The van der Waals surface area contributed by atoms with Crippen LogP contribution in [0.2, 0.25) is 13.1 Å². The molecule has 0 N–H and O–H groups in total. The average molecular weight is 582 g/mol. The van der Waals surface area contributed by atoms with E-state index in [4.69, 9.17) is 9.97 Å². The molecule has 0 saturated carbocycles. The molecule has 4 heteroatoms. The highest BCUT2D eigenvalue weighted by Gasteiger charge is 2.38. The van der Waals surface area contributed by atoms with Crippen LogP contribution in [-0.4, -0.2) is 18.0 Å². The number of rotatable bonds is 4. The van der Waals surface area contributed by atoms with Crippen LogP contribution in [0.5, 0.6) is 0 Å². The summed E-state index contributed by atoms with van der Waals surface area (Å²) < 4.78 is 0. The van der Waals surface area contributed by atoms with Crippen molar-refractivity contribution in [3.05, 3.63) is 152 Å². The zero-order valence-electron chi connectivity index (χ0n) is 24.8. The van der Waals surface area contributed by atoms with Crippen LogP contribution in [-0.2, 0) is 0 Å². The van der Waals surface area contributed by atoms with Crippen LogP contribution in [0.3, 0.4) is 0 Å². The normalized spacial score (nSPS) is 13.4. The van der Waals surface area contributed by atoms with Crippen LogP contribution < -0.4 is 15.3 Å². The highest BCUT2D eigenvalue weighted by atomic mass is 28.3. The summed E-state index contributed by atoms with van der Waals surface area (Å²) in [5.41, 5.74) is 9.96. The predicted molar refractivity (Wildman–Crippen MR) is 187 cm³/mol. The Morgan fingerprint density at radius 1 is 0.477 bits per heavy atom. The van der Waals surface area contributed by atoms with E-state index in [0.717, 1.165) is 44.8 Å². The second kappa shape index (κ2) is 10.4. The van der Waals surface area contributed by atoms with E-state index in [1.54, 1.807) is 0 Å². The third kappa shape index (κ3) is 4.34. The first-order valence-corrected chi connectivity index (χ1v) is 18.1. The second-order valence-corrected chi connectivity index (χ2v) is 16.2. The molecule has 0 radical (unpaired) electrons. The lowest BCUT2D eigenvalue weighted by molar-refractivity contribution is 1.22. The number of anilines is 3. The molecule has 0 spiro atoms. The number of aromatic nitrogens is 2. The number of hydrogen-bond acceptors (Lipinski definition) is 3. The van der Waals surface area contributed by atoms with E-state index in [1.165, 1.54) is 27.3 Å². The van der Waals surface area contributed by atoms with Gasteiger partial charge in [0.1, 0.15) is 8.07 Å². The molecular weight excluding hydrogens is 551 g/mol. The summed E-state index contributed by atoms with van der Waals surface area (Å²) >= 11 is 0. The molecule has 210 valence electrons. The van der Waals surface area contributed by atoms with Crippen molar-refractivity contribution in [3.8, 4) is 33.8 Å². The first-order valence-electron chi connectivity index (χ1n) is 15.1. The molecular formula is C40H31N3Si. The van der Waals surface area contributed by atoms with Gasteiger partial charge in [0.2, 0.25) is 0 Å². The van der Waals surface area contributed by atoms with E-state index in [2.05, 4.69) is 158 Å². The summed E-state index contributed by atoms with van der Waals surface area (Å²) in [7, 11) is -1.83. The molecule has 6 aromatic carbocycles. The lowest BCUT2D eigenvalue weighted by atomic mass is 10.0. The maximum Gasteiger partial charge on any atom is 0.160 e. The Morgan fingerprint density at radius 3 is 1.66 bits per heavy atom. The van der Waals surface area contributed by atoms with Gasteiger partial charge in [-0.25, -0.2) is 9.97 Å². The highest BCUT2D eigenvalue weighted by Crippen LogP contribution is 2.39. The van der Waals surface area contributed by atoms with Crippen molar-refractivity contribution in [2.24, 2.45) is 0 Å². The number of fused-ring (bicyclic) bond motifs is 3. The summed E-state index contributed by atoms with van der Waals surface area (Å²) in [5, 5.41) is 3.97. The molecule has 0 unspecified atom stereocenters. The van der Waals surface area contributed by atoms with Crippen LogP contribution in [0.25, 0.3) is 44.7 Å². The topological polar surface area (TPSA) is 29.0 Å². The second-order valence-electron chi connectivity index (χ2n) is 11.9. The molecule has 7 aromatic rings. The minimum Gasteiger partial charge on any atom is -0.311 e. The fourth-order valence-corrected chi connectivity index (χ4v) is 9.58. The molecule has 8 rings (SSSR count). The summed E-state index contributed by atoms with van der Waals surface area (Å²) in [4.78, 5) is 12.7. The summed E-state index contributed by atoms with van der Waals surface area (Å²) in [6.07, 6.45) is 0. The van der Waals surface area contributed by atoms with Gasteiger partial charge in [-0.2, -0.15) is 0 Å². The Morgan fingerprint density at radius 2 is 1.02 bits per heavy atom. The molecule has 1 aromatic heterocycles. The molecule has 0 aliphatic carbocycles. The Kier molecular flexibility index (Phi) is 6.24. The van der Waals surface area contributed by atoms with E-state index < -0.39 is 8.07 Å². The van der Waals surface area contributed by atoms with Gasteiger partial charge in [0.05, 0.1) is 11.2 Å². The van der Waals surface area contributed by atoms with Crippen molar-refractivity contribution in [3.63, 3.8) is 0 Å². The van der Waals surface area contributed by atoms with E-state index in [9.17, 15) is 0 Å². The molecule has 3 nitrogen and oxygen atoms in total. The summed E-state index contributed by atoms with van der Waals surface area (Å²) in [6, 6.07) is 53.9. The molecule has 0 saturated heterocycles. The van der Waals surface area contributed by atoms with Crippen molar-refractivity contribution in [1.29, 1.82) is 0 Å². The van der Waals surface area contributed by atoms with Gasteiger partial charge in [0, 0.05) is 33.6 Å². The highest BCUT2D eigenvalue weighted by molar-refractivity contribution is 7.02. The minimum atomic E-state index is -1.83. The number of nitrogens with zero attached hydrogens (tertiary/aromatic N) is 3. The third-order valence-corrected chi connectivity index (χ3v) is 12.4. The van der Waals surface area contributed by atoms with Crippen LogP contribution in [0.4, 0.5) is 17.1 Å². The lowest BCUT2D eigenvalue weighted by Crippen LogP contribution is -2.58. The fourth-order valence-electron chi connectivity index (χ4n) is 6.59. The smallest absolute Gasteiger partial charge is 0.160 e. The first kappa shape index (κ1) is 26.3.